The second-order valence-electron chi connectivity index (χ2n) is 8.69. The third kappa shape index (κ3) is 4.91. The molecule has 0 aromatic heterocycles. The number of anilines is 1. The number of nitro groups is 1. The lowest BCUT2D eigenvalue weighted by Gasteiger charge is -2.48. The van der Waals surface area contributed by atoms with Crippen LogP contribution in [0.4, 0.5) is 11.4 Å². The number of hydrogen-bond acceptors (Lipinski definition) is 8. The lowest BCUT2D eigenvalue weighted by Crippen LogP contribution is -2.58. The van der Waals surface area contributed by atoms with Gasteiger partial charge in [-0.15, -0.1) is 0 Å². The molecule has 4 rings (SSSR count). The van der Waals surface area contributed by atoms with Crippen molar-refractivity contribution in [2.75, 3.05) is 64.5 Å². The molecule has 1 aliphatic carbocycles. The number of nitrogens with one attached hydrogen (secondary N) is 1. The fourth-order valence-electron chi connectivity index (χ4n) is 5.02. The van der Waals surface area contributed by atoms with Gasteiger partial charge in [-0.25, -0.2) is 8.42 Å². The third-order valence-corrected chi connectivity index (χ3v) is 8.78. The van der Waals surface area contributed by atoms with Gasteiger partial charge in [0.15, 0.2) is 0 Å². The van der Waals surface area contributed by atoms with Crippen LogP contribution in [0.15, 0.2) is 23.1 Å². The number of rotatable bonds is 7. The zero-order valence-electron chi connectivity index (χ0n) is 18.3. The Morgan fingerprint density at radius 1 is 1.00 bits per heavy atom. The summed E-state index contributed by atoms with van der Waals surface area (Å²) in [5, 5.41) is 14.8. The van der Waals surface area contributed by atoms with Crippen LogP contribution < -0.4 is 5.32 Å². The van der Waals surface area contributed by atoms with E-state index >= 15 is 0 Å². The van der Waals surface area contributed by atoms with Gasteiger partial charge in [0.1, 0.15) is 4.90 Å². The first-order valence-electron chi connectivity index (χ1n) is 11.4. The van der Waals surface area contributed by atoms with Crippen LogP contribution in [0.1, 0.15) is 32.1 Å². The number of hydrogen-bond donors (Lipinski definition) is 1. The highest BCUT2D eigenvalue weighted by atomic mass is 32.2. The number of nitrogens with zero attached hydrogens (tertiary/aromatic N) is 3. The molecule has 0 radical (unpaired) electrons. The average Bonchev–Trinajstić information content (AvgIpc) is 2.84. The van der Waals surface area contributed by atoms with E-state index in [1.54, 1.807) is 0 Å². The van der Waals surface area contributed by atoms with E-state index in [2.05, 4.69) is 10.2 Å². The summed E-state index contributed by atoms with van der Waals surface area (Å²) in [6, 6.07) is 4.07. The first-order chi connectivity index (χ1) is 15.4. The highest BCUT2D eigenvalue weighted by Crippen LogP contribution is 2.36. The summed E-state index contributed by atoms with van der Waals surface area (Å²) in [5.74, 6) is 0. The average molecular weight is 469 g/mol. The number of sulfonamides is 1. The van der Waals surface area contributed by atoms with Crippen molar-refractivity contribution in [3.63, 3.8) is 0 Å². The molecule has 11 heteroatoms. The van der Waals surface area contributed by atoms with Gasteiger partial charge in [0.2, 0.25) is 10.0 Å². The van der Waals surface area contributed by atoms with Crippen molar-refractivity contribution in [1.29, 1.82) is 0 Å². The molecule has 2 saturated heterocycles. The lowest BCUT2D eigenvalue weighted by atomic mass is 9.79. The zero-order valence-corrected chi connectivity index (χ0v) is 19.1. The fraction of sp³-hybridized carbons (Fsp3) is 0.714. The SMILES string of the molecule is O=[N+]([O-])c1ccc(NCC2(N3CCOCC3)CCCCC2)c(S(=O)(=O)N2CCOCC2)c1. The van der Waals surface area contributed by atoms with Gasteiger partial charge in [0, 0.05) is 50.4 Å². The van der Waals surface area contributed by atoms with Crippen LogP contribution in [0.25, 0.3) is 0 Å². The molecule has 10 nitrogen and oxygen atoms in total. The fourth-order valence-corrected chi connectivity index (χ4v) is 6.62. The number of morpholine rings is 2. The summed E-state index contributed by atoms with van der Waals surface area (Å²) in [6.07, 6.45) is 5.56. The van der Waals surface area contributed by atoms with Crippen LogP contribution in [0, 0.1) is 10.1 Å². The predicted molar refractivity (Wildman–Crippen MR) is 119 cm³/mol. The normalized spacial score (nSPS) is 23.0. The number of non-ortho nitro benzene ring substituents is 1. The van der Waals surface area contributed by atoms with E-state index in [-0.39, 0.29) is 29.2 Å². The predicted octanol–water partition coefficient (Wildman–Crippen LogP) is 2.06. The van der Waals surface area contributed by atoms with Gasteiger partial charge in [-0.3, -0.25) is 15.0 Å². The van der Waals surface area contributed by atoms with Crippen molar-refractivity contribution in [3.8, 4) is 0 Å². The van der Waals surface area contributed by atoms with Crippen LogP contribution in [0.5, 0.6) is 0 Å². The van der Waals surface area contributed by atoms with Gasteiger partial charge < -0.3 is 14.8 Å². The second-order valence-corrected chi connectivity index (χ2v) is 10.6. The summed E-state index contributed by atoms with van der Waals surface area (Å²) < 4.78 is 39.0. The molecule has 0 spiro atoms. The molecule has 0 bridgehead atoms. The molecule has 2 aliphatic heterocycles. The molecule has 3 aliphatic rings. The van der Waals surface area contributed by atoms with Crippen molar-refractivity contribution < 1.29 is 22.8 Å². The van der Waals surface area contributed by atoms with Gasteiger partial charge in [-0.2, -0.15) is 4.31 Å². The maximum atomic E-state index is 13.4. The van der Waals surface area contributed by atoms with E-state index in [9.17, 15) is 18.5 Å². The van der Waals surface area contributed by atoms with Gasteiger partial charge in [0.25, 0.3) is 5.69 Å². The maximum Gasteiger partial charge on any atom is 0.270 e. The molecule has 3 fully saturated rings. The Kier molecular flexibility index (Phi) is 7.30. The van der Waals surface area contributed by atoms with Crippen LogP contribution in [0.3, 0.4) is 0 Å². The van der Waals surface area contributed by atoms with Crippen molar-refractivity contribution in [1.82, 2.24) is 9.21 Å². The van der Waals surface area contributed by atoms with Crippen molar-refractivity contribution in [3.05, 3.63) is 28.3 Å². The molecule has 1 N–H and O–H groups in total. The Morgan fingerprint density at radius 3 is 2.25 bits per heavy atom. The Morgan fingerprint density at radius 2 is 1.62 bits per heavy atom. The van der Waals surface area contributed by atoms with Crippen molar-refractivity contribution in [2.45, 2.75) is 42.5 Å². The molecular formula is C21H32N4O6S. The van der Waals surface area contributed by atoms with Crippen LogP contribution >= 0.6 is 0 Å². The minimum Gasteiger partial charge on any atom is -0.382 e. The van der Waals surface area contributed by atoms with Crippen LogP contribution in [-0.4, -0.2) is 87.2 Å². The van der Waals surface area contributed by atoms with Crippen molar-refractivity contribution >= 4 is 21.4 Å². The summed E-state index contributed by atoms with van der Waals surface area (Å²) >= 11 is 0. The maximum absolute atomic E-state index is 13.4. The van der Waals surface area contributed by atoms with Gasteiger partial charge >= 0.3 is 0 Å². The van der Waals surface area contributed by atoms with Gasteiger partial charge in [0.05, 0.1) is 37.0 Å². The zero-order chi connectivity index (χ0) is 22.6. The summed E-state index contributed by atoms with van der Waals surface area (Å²) in [6.45, 7) is 4.84. The topological polar surface area (TPSA) is 114 Å². The van der Waals surface area contributed by atoms with E-state index < -0.39 is 14.9 Å². The highest BCUT2D eigenvalue weighted by Gasteiger charge is 2.39. The highest BCUT2D eigenvalue weighted by molar-refractivity contribution is 7.89. The molecule has 0 atom stereocenters. The molecule has 2 heterocycles. The monoisotopic (exact) mass is 468 g/mol. The van der Waals surface area contributed by atoms with E-state index in [0.717, 1.165) is 38.8 Å². The molecule has 1 aromatic rings. The molecule has 1 saturated carbocycles. The molecule has 0 amide bonds. The summed E-state index contributed by atoms with van der Waals surface area (Å²) in [7, 11) is -3.89. The summed E-state index contributed by atoms with van der Waals surface area (Å²) in [5.41, 5.74) is 0.118. The van der Waals surface area contributed by atoms with Crippen LogP contribution in [-0.2, 0) is 19.5 Å². The van der Waals surface area contributed by atoms with Gasteiger partial charge in [-0.1, -0.05) is 19.3 Å². The van der Waals surface area contributed by atoms with Gasteiger partial charge in [-0.05, 0) is 18.9 Å². The minimum absolute atomic E-state index is 0.0402. The van der Waals surface area contributed by atoms with E-state index in [4.69, 9.17) is 9.47 Å². The van der Waals surface area contributed by atoms with Crippen molar-refractivity contribution in [2.24, 2.45) is 0 Å². The second kappa shape index (κ2) is 10.0. The van der Waals surface area contributed by atoms with E-state index in [1.165, 1.54) is 28.9 Å². The summed E-state index contributed by atoms with van der Waals surface area (Å²) in [4.78, 5) is 13.2. The molecule has 0 unspecified atom stereocenters. The Balaban J connectivity index is 1.62. The number of ether oxygens (including phenoxy) is 2. The Hall–Kier alpha value is -1.79. The molecule has 32 heavy (non-hydrogen) atoms. The van der Waals surface area contributed by atoms with E-state index in [1.807, 2.05) is 0 Å². The Labute approximate surface area is 189 Å². The minimum atomic E-state index is -3.89. The quantitative estimate of drug-likeness (QED) is 0.478. The number of nitro benzene ring substituents is 1. The first kappa shape index (κ1) is 23.4. The lowest BCUT2D eigenvalue weighted by molar-refractivity contribution is -0.385. The molecule has 1 aromatic carbocycles. The largest absolute Gasteiger partial charge is 0.382 e. The smallest absolute Gasteiger partial charge is 0.270 e. The first-order valence-corrected chi connectivity index (χ1v) is 12.8. The Bertz CT molecular complexity index is 907. The van der Waals surface area contributed by atoms with Crippen LogP contribution in [0.2, 0.25) is 0 Å². The standard InChI is InChI=1S/C21H32N4O6S/c26-25(27)18-4-5-19(20(16-18)32(28,29)24-10-14-31-15-11-24)22-17-21(6-2-1-3-7-21)23-8-12-30-13-9-23/h4-5,16,22H,1-3,6-15,17H2. The molecule has 178 valence electrons. The third-order valence-electron chi connectivity index (χ3n) is 6.84. The number of benzene rings is 1. The van der Waals surface area contributed by atoms with E-state index in [0.29, 0.717) is 38.7 Å². The molecular weight excluding hydrogens is 436 g/mol.